The van der Waals surface area contributed by atoms with Crippen LogP contribution in [-0.2, 0) is 0 Å². The lowest BCUT2D eigenvalue weighted by molar-refractivity contribution is 0.128. The fourth-order valence-corrected chi connectivity index (χ4v) is 3.23. The van der Waals surface area contributed by atoms with Crippen molar-refractivity contribution in [2.24, 2.45) is 5.92 Å². The molecule has 24 heavy (non-hydrogen) atoms. The zero-order valence-corrected chi connectivity index (χ0v) is 16.8. The van der Waals surface area contributed by atoms with Gasteiger partial charge in [0.15, 0.2) is 11.5 Å². The Morgan fingerprint density at radius 2 is 1.79 bits per heavy atom. The second-order valence-corrected chi connectivity index (χ2v) is 5.96. The molecule has 0 spiro atoms. The highest BCUT2D eigenvalue weighted by atomic mass is 35.5. The lowest BCUT2D eigenvalue weighted by atomic mass is 9.90. The Bertz CT molecular complexity index is 468. The van der Waals surface area contributed by atoms with Crippen LogP contribution in [0.4, 0.5) is 0 Å². The number of hydrogen-bond acceptors (Lipinski definition) is 4. The molecule has 2 atom stereocenters. The zero-order valence-electron chi connectivity index (χ0n) is 15.2. The number of ether oxygens (including phenoxy) is 2. The molecule has 6 heteroatoms. The van der Waals surface area contributed by atoms with E-state index >= 15 is 0 Å². The lowest BCUT2D eigenvalue weighted by Gasteiger charge is -2.38. The second kappa shape index (κ2) is 11.8. The topological polar surface area (TPSA) is 33.7 Å². The van der Waals surface area contributed by atoms with E-state index in [1.54, 1.807) is 7.11 Å². The van der Waals surface area contributed by atoms with Gasteiger partial charge in [-0.15, -0.1) is 24.8 Å². The van der Waals surface area contributed by atoms with Crippen LogP contribution in [0.15, 0.2) is 18.2 Å². The van der Waals surface area contributed by atoms with Crippen LogP contribution in [0.2, 0.25) is 0 Å². The summed E-state index contributed by atoms with van der Waals surface area (Å²) in [6, 6.07) is 6.84. The Kier molecular flexibility index (Phi) is 11.5. The van der Waals surface area contributed by atoms with Crippen molar-refractivity contribution in [2.75, 3.05) is 39.9 Å². The monoisotopic (exact) mass is 378 g/mol. The minimum atomic E-state index is 0. The van der Waals surface area contributed by atoms with Crippen LogP contribution in [-0.4, -0.2) is 44.8 Å². The summed E-state index contributed by atoms with van der Waals surface area (Å²) in [4.78, 5) is 2.60. The van der Waals surface area contributed by atoms with E-state index in [2.05, 4.69) is 36.2 Å². The molecule has 1 aliphatic rings. The van der Waals surface area contributed by atoms with E-state index in [0.717, 1.165) is 37.7 Å². The zero-order chi connectivity index (χ0) is 15.9. The Hall–Kier alpha value is -0.680. The van der Waals surface area contributed by atoms with Crippen molar-refractivity contribution in [1.29, 1.82) is 0 Å². The van der Waals surface area contributed by atoms with E-state index in [9.17, 15) is 0 Å². The van der Waals surface area contributed by atoms with Crippen molar-refractivity contribution in [2.45, 2.75) is 33.2 Å². The second-order valence-electron chi connectivity index (χ2n) is 5.96. The van der Waals surface area contributed by atoms with Crippen molar-refractivity contribution in [1.82, 2.24) is 10.2 Å². The number of hydrogen-bond donors (Lipinski definition) is 1. The fraction of sp³-hybridized carbons (Fsp3) is 0.667. The predicted molar refractivity (Wildman–Crippen MR) is 105 cm³/mol. The molecule has 1 aromatic rings. The van der Waals surface area contributed by atoms with Gasteiger partial charge in [0.05, 0.1) is 13.7 Å². The highest BCUT2D eigenvalue weighted by Crippen LogP contribution is 2.36. The third kappa shape index (κ3) is 5.69. The molecule has 0 bridgehead atoms. The highest BCUT2D eigenvalue weighted by molar-refractivity contribution is 5.85. The molecule has 0 radical (unpaired) electrons. The van der Waals surface area contributed by atoms with Gasteiger partial charge in [0.1, 0.15) is 0 Å². The number of halogens is 2. The van der Waals surface area contributed by atoms with E-state index in [0.29, 0.717) is 18.6 Å². The number of benzene rings is 1. The molecular formula is C18H32Cl2N2O2. The van der Waals surface area contributed by atoms with Gasteiger partial charge in [0.25, 0.3) is 0 Å². The normalized spacial score (nSPS) is 17.2. The molecule has 1 N–H and O–H groups in total. The maximum atomic E-state index is 5.76. The average molecular weight is 379 g/mol. The molecule has 140 valence electrons. The molecule has 1 aliphatic heterocycles. The minimum absolute atomic E-state index is 0. The number of piperazine rings is 1. The lowest BCUT2D eigenvalue weighted by Crippen LogP contribution is -2.46. The van der Waals surface area contributed by atoms with E-state index in [1.807, 2.05) is 13.0 Å². The molecule has 1 unspecified atom stereocenters. The van der Waals surface area contributed by atoms with Crippen molar-refractivity contribution in [3.63, 3.8) is 0 Å². The highest BCUT2D eigenvalue weighted by Gasteiger charge is 2.27. The molecule has 0 saturated carbocycles. The van der Waals surface area contributed by atoms with Crippen molar-refractivity contribution in [3.05, 3.63) is 23.8 Å². The summed E-state index contributed by atoms with van der Waals surface area (Å²) in [5.74, 6) is 2.28. The third-order valence-corrected chi connectivity index (χ3v) is 4.56. The molecule has 0 aromatic heterocycles. The first-order valence-electron chi connectivity index (χ1n) is 8.46. The predicted octanol–water partition coefficient (Wildman–Crippen LogP) is 3.93. The Morgan fingerprint density at radius 3 is 2.33 bits per heavy atom. The standard InChI is InChI=1S/C18H30N2O2.2ClH/c1-5-14(3)18(20-11-9-19-10-12-20)15-7-8-16(21-4)17(13-15)22-6-2;;/h7-8,13-14,18-19H,5-6,9-12H2,1-4H3;2*1H/t14?,18-;;/m1../s1. The van der Waals surface area contributed by atoms with Crippen LogP contribution in [0, 0.1) is 5.92 Å². The number of nitrogens with one attached hydrogen (secondary N) is 1. The number of rotatable bonds is 7. The molecular weight excluding hydrogens is 347 g/mol. The summed E-state index contributed by atoms with van der Waals surface area (Å²) in [6.45, 7) is 11.6. The van der Waals surface area contributed by atoms with Gasteiger partial charge in [-0.1, -0.05) is 26.3 Å². The first-order chi connectivity index (χ1) is 10.7. The van der Waals surface area contributed by atoms with Gasteiger partial charge in [0, 0.05) is 32.2 Å². The first-order valence-corrected chi connectivity index (χ1v) is 8.46. The number of nitrogens with zero attached hydrogens (tertiary/aromatic N) is 1. The quantitative estimate of drug-likeness (QED) is 0.778. The Balaban J connectivity index is 0.00000264. The van der Waals surface area contributed by atoms with Crippen molar-refractivity contribution in [3.8, 4) is 11.5 Å². The Morgan fingerprint density at radius 1 is 1.12 bits per heavy atom. The van der Waals surface area contributed by atoms with Crippen LogP contribution >= 0.6 is 24.8 Å². The summed E-state index contributed by atoms with van der Waals surface area (Å²) in [5.41, 5.74) is 1.33. The molecule has 1 heterocycles. The summed E-state index contributed by atoms with van der Waals surface area (Å²) in [5, 5.41) is 3.44. The first kappa shape index (κ1) is 23.3. The number of methoxy groups -OCH3 is 1. The van der Waals surface area contributed by atoms with Gasteiger partial charge in [-0.2, -0.15) is 0 Å². The van der Waals surface area contributed by atoms with Crippen LogP contribution in [0.3, 0.4) is 0 Å². The van der Waals surface area contributed by atoms with Gasteiger partial charge in [-0.05, 0) is 30.5 Å². The van der Waals surface area contributed by atoms with E-state index in [4.69, 9.17) is 9.47 Å². The van der Waals surface area contributed by atoms with Gasteiger partial charge in [0.2, 0.25) is 0 Å². The van der Waals surface area contributed by atoms with Crippen LogP contribution in [0.25, 0.3) is 0 Å². The SMILES string of the molecule is CCOc1cc([C@@H](C(C)CC)N2CCNCC2)ccc1OC.Cl.Cl. The fourth-order valence-electron chi connectivity index (χ4n) is 3.23. The van der Waals surface area contributed by atoms with Gasteiger partial charge in [-0.3, -0.25) is 4.90 Å². The summed E-state index contributed by atoms with van der Waals surface area (Å²) < 4.78 is 11.2. The Labute approximate surface area is 159 Å². The maximum Gasteiger partial charge on any atom is 0.161 e. The average Bonchev–Trinajstić information content (AvgIpc) is 2.56. The van der Waals surface area contributed by atoms with Crippen molar-refractivity contribution >= 4 is 24.8 Å². The van der Waals surface area contributed by atoms with Crippen LogP contribution in [0.5, 0.6) is 11.5 Å². The molecule has 1 aromatic carbocycles. The molecule has 1 saturated heterocycles. The van der Waals surface area contributed by atoms with E-state index in [-0.39, 0.29) is 24.8 Å². The minimum Gasteiger partial charge on any atom is -0.493 e. The van der Waals surface area contributed by atoms with Gasteiger partial charge >= 0.3 is 0 Å². The third-order valence-electron chi connectivity index (χ3n) is 4.56. The summed E-state index contributed by atoms with van der Waals surface area (Å²) >= 11 is 0. The molecule has 0 amide bonds. The molecule has 2 rings (SSSR count). The van der Waals surface area contributed by atoms with E-state index in [1.165, 1.54) is 12.0 Å². The maximum absolute atomic E-state index is 5.76. The van der Waals surface area contributed by atoms with Gasteiger partial charge < -0.3 is 14.8 Å². The molecule has 0 aliphatic carbocycles. The summed E-state index contributed by atoms with van der Waals surface area (Å²) in [6.07, 6.45) is 1.17. The largest absolute Gasteiger partial charge is 0.493 e. The summed E-state index contributed by atoms with van der Waals surface area (Å²) in [7, 11) is 1.69. The molecule has 4 nitrogen and oxygen atoms in total. The van der Waals surface area contributed by atoms with E-state index < -0.39 is 0 Å². The van der Waals surface area contributed by atoms with Crippen molar-refractivity contribution < 1.29 is 9.47 Å². The van der Waals surface area contributed by atoms with Gasteiger partial charge in [-0.25, -0.2) is 0 Å². The molecule has 1 fully saturated rings. The smallest absolute Gasteiger partial charge is 0.161 e. The van der Waals surface area contributed by atoms with Crippen LogP contribution < -0.4 is 14.8 Å². The van der Waals surface area contributed by atoms with Crippen LogP contribution in [0.1, 0.15) is 38.8 Å².